The van der Waals surface area contributed by atoms with E-state index in [1.54, 1.807) is 6.21 Å². The van der Waals surface area contributed by atoms with E-state index in [-0.39, 0.29) is 5.91 Å². The second-order valence-electron chi connectivity index (χ2n) is 6.29. The third-order valence-corrected chi connectivity index (χ3v) is 5.13. The molecule has 0 saturated carbocycles. The predicted molar refractivity (Wildman–Crippen MR) is 114 cm³/mol. The summed E-state index contributed by atoms with van der Waals surface area (Å²) in [5, 5.41) is 4.02. The van der Waals surface area contributed by atoms with Gasteiger partial charge in [0, 0.05) is 17.1 Å². The molecule has 0 aliphatic rings. The van der Waals surface area contributed by atoms with Crippen molar-refractivity contribution in [2.45, 2.75) is 18.4 Å². The van der Waals surface area contributed by atoms with Gasteiger partial charge in [-0.3, -0.25) is 4.79 Å². The number of hydrogen-bond donors (Lipinski definition) is 1. The molecule has 3 rings (SSSR count). The highest BCUT2D eigenvalue weighted by Crippen LogP contribution is 2.18. The fourth-order valence-corrected chi connectivity index (χ4v) is 3.45. The number of nitrogens with zero attached hydrogens (tertiary/aromatic N) is 1. The summed E-state index contributed by atoms with van der Waals surface area (Å²) in [5.41, 5.74) is 7.85. The molecule has 3 aromatic carbocycles. The molecule has 1 N–H and O–H groups in total. The van der Waals surface area contributed by atoms with Crippen LogP contribution in [0.5, 0.6) is 0 Å². The van der Waals surface area contributed by atoms with Gasteiger partial charge >= 0.3 is 0 Å². The second kappa shape index (κ2) is 9.74. The molecule has 0 aliphatic carbocycles. The number of nitrogens with one attached hydrogen (secondary N) is 1. The fraction of sp³-hybridized carbons (Fsp3) is 0.130. The van der Waals surface area contributed by atoms with Gasteiger partial charge in [-0.25, -0.2) is 5.43 Å². The first-order valence-electron chi connectivity index (χ1n) is 8.81. The SMILES string of the molecule is Cc1ccc(/C=N\NC(=O)c2ccc(CSCc3ccccc3)cc2)cc1. The molecule has 0 bridgehead atoms. The van der Waals surface area contributed by atoms with E-state index in [1.165, 1.54) is 16.7 Å². The molecule has 136 valence electrons. The molecule has 0 aromatic heterocycles. The molecule has 0 fully saturated rings. The van der Waals surface area contributed by atoms with E-state index in [1.807, 2.05) is 73.3 Å². The summed E-state index contributed by atoms with van der Waals surface area (Å²) >= 11 is 1.86. The van der Waals surface area contributed by atoms with Crippen LogP contribution in [-0.4, -0.2) is 12.1 Å². The molecule has 3 aromatic rings. The first-order valence-corrected chi connectivity index (χ1v) is 9.97. The minimum Gasteiger partial charge on any atom is -0.267 e. The number of carbonyl (C=O) groups excluding carboxylic acids is 1. The van der Waals surface area contributed by atoms with Crippen LogP contribution < -0.4 is 5.43 Å². The van der Waals surface area contributed by atoms with Gasteiger partial charge in [0.2, 0.25) is 0 Å². The van der Waals surface area contributed by atoms with Crippen LogP contribution in [0.4, 0.5) is 0 Å². The number of hydrogen-bond acceptors (Lipinski definition) is 3. The van der Waals surface area contributed by atoms with Gasteiger partial charge in [-0.15, -0.1) is 0 Å². The van der Waals surface area contributed by atoms with E-state index in [4.69, 9.17) is 0 Å². The number of rotatable bonds is 7. The van der Waals surface area contributed by atoms with Crippen LogP contribution in [0.3, 0.4) is 0 Å². The molecular formula is C23H22N2OS. The van der Waals surface area contributed by atoms with Crippen molar-refractivity contribution in [3.8, 4) is 0 Å². The summed E-state index contributed by atoms with van der Waals surface area (Å²) in [6, 6.07) is 26.1. The summed E-state index contributed by atoms with van der Waals surface area (Å²) in [4.78, 5) is 12.2. The molecule has 0 spiro atoms. The first-order chi connectivity index (χ1) is 13.2. The Hall–Kier alpha value is -2.85. The molecular weight excluding hydrogens is 352 g/mol. The van der Waals surface area contributed by atoms with Crippen LogP contribution in [0.25, 0.3) is 0 Å². The maximum absolute atomic E-state index is 12.2. The Morgan fingerprint density at radius 1 is 0.889 bits per heavy atom. The third-order valence-electron chi connectivity index (χ3n) is 4.05. The Bertz CT molecular complexity index is 888. The van der Waals surface area contributed by atoms with E-state index in [0.717, 1.165) is 17.1 Å². The maximum atomic E-state index is 12.2. The van der Waals surface area contributed by atoms with Gasteiger partial charge < -0.3 is 0 Å². The van der Waals surface area contributed by atoms with Gasteiger partial charge in [0.1, 0.15) is 0 Å². The average molecular weight is 375 g/mol. The van der Waals surface area contributed by atoms with Gasteiger partial charge in [0.25, 0.3) is 5.91 Å². The predicted octanol–water partition coefficient (Wildman–Crippen LogP) is 5.19. The van der Waals surface area contributed by atoms with Crippen molar-refractivity contribution >= 4 is 23.9 Å². The van der Waals surface area contributed by atoms with E-state index in [2.05, 4.69) is 34.8 Å². The Labute approximate surface area is 164 Å². The molecule has 0 unspecified atom stereocenters. The lowest BCUT2D eigenvalue weighted by Crippen LogP contribution is -2.17. The molecule has 0 aliphatic heterocycles. The van der Waals surface area contributed by atoms with Gasteiger partial charge in [0.05, 0.1) is 6.21 Å². The Balaban J connectivity index is 1.47. The summed E-state index contributed by atoms with van der Waals surface area (Å²) in [6.07, 6.45) is 1.64. The van der Waals surface area contributed by atoms with Crippen molar-refractivity contribution in [1.82, 2.24) is 5.43 Å². The van der Waals surface area contributed by atoms with Crippen LogP contribution in [0.15, 0.2) is 84.0 Å². The molecule has 4 heteroatoms. The highest BCUT2D eigenvalue weighted by molar-refractivity contribution is 7.97. The minimum absolute atomic E-state index is 0.207. The topological polar surface area (TPSA) is 41.5 Å². The molecule has 0 saturated heterocycles. The highest BCUT2D eigenvalue weighted by atomic mass is 32.2. The molecule has 0 heterocycles. The maximum Gasteiger partial charge on any atom is 0.271 e. The smallest absolute Gasteiger partial charge is 0.267 e. The largest absolute Gasteiger partial charge is 0.271 e. The zero-order valence-electron chi connectivity index (χ0n) is 15.3. The minimum atomic E-state index is -0.207. The van der Waals surface area contributed by atoms with Crippen molar-refractivity contribution in [1.29, 1.82) is 0 Å². The molecule has 27 heavy (non-hydrogen) atoms. The zero-order chi connectivity index (χ0) is 18.9. The lowest BCUT2D eigenvalue weighted by molar-refractivity contribution is 0.0955. The van der Waals surface area contributed by atoms with Gasteiger partial charge in [-0.1, -0.05) is 72.3 Å². The summed E-state index contributed by atoms with van der Waals surface area (Å²) in [6.45, 7) is 2.03. The monoisotopic (exact) mass is 374 g/mol. The molecule has 0 atom stereocenters. The summed E-state index contributed by atoms with van der Waals surface area (Å²) in [5.74, 6) is 1.70. The van der Waals surface area contributed by atoms with Crippen molar-refractivity contribution in [2.24, 2.45) is 5.10 Å². The van der Waals surface area contributed by atoms with Crippen molar-refractivity contribution in [3.05, 3.63) is 107 Å². The zero-order valence-corrected chi connectivity index (χ0v) is 16.1. The fourth-order valence-electron chi connectivity index (χ4n) is 2.50. The number of hydrazone groups is 1. The van der Waals surface area contributed by atoms with Gasteiger partial charge in [-0.05, 0) is 35.7 Å². The van der Waals surface area contributed by atoms with Crippen molar-refractivity contribution < 1.29 is 4.79 Å². The number of aryl methyl sites for hydroxylation is 1. The average Bonchev–Trinajstić information content (AvgIpc) is 2.71. The van der Waals surface area contributed by atoms with E-state index in [0.29, 0.717) is 5.56 Å². The molecule has 0 radical (unpaired) electrons. The van der Waals surface area contributed by atoms with Crippen LogP contribution in [0, 0.1) is 6.92 Å². The van der Waals surface area contributed by atoms with Gasteiger partial charge in [-0.2, -0.15) is 16.9 Å². The Morgan fingerprint density at radius 2 is 1.52 bits per heavy atom. The second-order valence-corrected chi connectivity index (χ2v) is 7.27. The van der Waals surface area contributed by atoms with Crippen LogP contribution in [0.1, 0.15) is 32.6 Å². The van der Waals surface area contributed by atoms with Crippen LogP contribution in [0.2, 0.25) is 0 Å². The Morgan fingerprint density at radius 3 is 2.19 bits per heavy atom. The number of benzene rings is 3. The quantitative estimate of drug-likeness (QED) is 0.457. The van der Waals surface area contributed by atoms with E-state index >= 15 is 0 Å². The number of amides is 1. The highest BCUT2D eigenvalue weighted by Gasteiger charge is 2.04. The third kappa shape index (κ3) is 6.12. The van der Waals surface area contributed by atoms with Crippen molar-refractivity contribution in [3.63, 3.8) is 0 Å². The number of thioether (sulfide) groups is 1. The lowest BCUT2D eigenvalue weighted by Gasteiger charge is -2.04. The van der Waals surface area contributed by atoms with E-state index in [9.17, 15) is 4.79 Å². The summed E-state index contributed by atoms with van der Waals surface area (Å²) < 4.78 is 0. The van der Waals surface area contributed by atoms with Crippen LogP contribution in [-0.2, 0) is 11.5 Å². The first kappa shape index (κ1) is 18.9. The van der Waals surface area contributed by atoms with Crippen molar-refractivity contribution in [2.75, 3.05) is 0 Å². The lowest BCUT2D eigenvalue weighted by atomic mass is 10.1. The van der Waals surface area contributed by atoms with Crippen LogP contribution >= 0.6 is 11.8 Å². The summed E-state index contributed by atoms with van der Waals surface area (Å²) in [7, 11) is 0. The standard InChI is InChI=1S/C23H22N2OS/c1-18-7-9-19(10-8-18)15-24-25-23(26)22-13-11-21(12-14-22)17-27-16-20-5-3-2-4-6-20/h2-15H,16-17H2,1H3,(H,25,26)/b24-15-. The molecule has 3 nitrogen and oxygen atoms in total. The molecule has 1 amide bonds. The number of carbonyl (C=O) groups is 1. The van der Waals surface area contributed by atoms with Gasteiger partial charge in [0.15, 0.2) is 0 Å². The van der Waals surface area contributed by atoms with E-state index < -0.39 is 0 Å². The Kier molecular flexibility index (Phi) is 6.83. The normalized spacial score (nSPS) is 10.9.